The average Bonchev–Trinajstić information content (AvgIpc) is 3.24. The Balaban J connectivity index is 1.64. The fourth-order valence-electron chi connectivity index (χ4n) is 2.51. The molecule has 28 heavy (non-hydrogen) atoms. The van der Waals surface area contributed by atoms with Crippen LogP contribution in [0.15, 0.2) is 41.8 Å². The number of nitrogens with one attached hydrogen (secondary N) is 1. The molecule has 0 saturated heterocycles. The molecule has 2 heterocycles. The molecule has 1 aromatic carbocycles. The number of aryl methyl sites for hydroxylation is 1. The van der Waals surface area contributed by atoms with Crippen LogP contribution in [0.2, 0.25) is 5.15 Å². The van der Waals surface area contributed by atoms with E-state index >= 15 is 0 Å². The van der Waals surface area contributed by atoms with Crippen LogP contribution in [0.3, 0.4) is 0 Å². The van der Waals surface area contributed by atoms with Crippen molar-refractivity contribution in [3.63, 3.8) is 0 Å². The van der Waals surface area contributed by atoms with Gasteiger partial charge in [0.05, 0.1) is 17.8 Å². The molecule has 0 aliphatic heterocycles. The maximum absolute atomic E-state index is 12.4. The van der Waals surface area contributed by atoms with Crippen molar-refractivity contribution in [3.05, 3.63) is 69.3 Å². The number of carbonyl (C=O) groups is 2. The van der Waals surface area contributed by atoms with Crippen LogP contribution in [0.4, 0.5) is 5.00 Å². The molecule has 1 amide bonds. The van der Waals surface area contributed by atoms with E-state index in [9.17, 15) is 9.59 Å². The number of hydrogen-bond acceptors (Lipinski definition) is 6. The minimum Gasteiger partial charge on any atom is -0.452 e. The van der Waals surface area contributed by atoms with Gasteiger partial charge in [0.1, 0.15) is 21.8 Å². The van der Waals surface area contributed by atoms with E-state index in [2.05, 4.69) is 10.4 Å². The molecule has 0 fully saturated rings. The molecule has 0 radical (unpaired) electrons. The number of thiophene rings is 1. The predicted molar refractivity (Wildman–Crippen MR) is 105 cm³/mol. The molecular weight excluding hydrogens is 400 g/mol. The molecule has 0 unspecified atom stereocenters. The smallest absolute Gasteiger partial charge is 0.343 e. The minimum atomic E-state index is -0.733. The highest BCUT2D eigenvalue weighted by molar-refractivity contribution is 7.14. The lowest BCUT2D eigenvalue weighted by atomic mass is 10.2. The van der Waals surface area contributed by atoms with Crippen molar-refractivity contribution in [3.8, 4) is 6.07 Å². The summed E-state index contributed by atoms with van der Waals surface area (Å²) in [7, 11) is 0. The quantitative estimate of drug-likeness (QED) is 0.621. The minimum absolute atomic E-state index is 0.124. The Morgan fingerprint density at radius 1 is 1.32 bits per heavy atom. The third-order valence-electron chi connectivity index (χ3n) is 3.82. The molecule has 7 nitrogen and oxygen atoms in total. The van der Waals surface area contributed by atoms with Gasteiger partial charge in [-0.1, -0.05) is 41.9 Å². The number of halogens is 1. The Kier molecular flexibility index (Phi) is 6.09. The van der Waals surface area contributed by atoms with Gasteiger partial charge in [0, 0.05) is 0 Å². The second-order valence-corrected chi connectivity index (χ2v) is 7.07. The van der Waals surface area contributed by atoms with E-state index < -0.39 is 18.5 Å². The summed E-state index contributed by atoms with van der Waals surface area (Å²) >= 11 is 7.52. The highest BCUT2D eigenvalue weighted by Crippen LogP contribution is 2.23. The van der Waals surface area contributed by atoms with Gasteiger partial charge >= 0.3 is 5.97 Å². The molecule has 0 spiro atoms. The topological polar surface area (TPSA) is 97.0 Å². The maximum atomic E-state index is 12.4. The van der Waals surface area contributed by atoms with Crippen molar-refractivity contribution in [2.24, 2.45) is 0 Å². The molecule has 0 saturated carbocycles. The number of rotatable bonds is 6. The van der Waals surface area contributed by atoms with Crippen molar-refractivity contribution >= 4 is 39.8 Å². The monoisotopic (exact) mass is 414 g/mol. The summed E-state index contributed by atoms with van der Waals surface area (Å²) in [4.78, 5) is 24.4. The van der Waals surface area contributed by atoms with E-state index in [4.69, 9.17) is 21.6 Å². The highest BCUT2D eigenvalue weighted by atomic mass is 35.5. The molecule has 3 aromatic rings. The zero-order valence-electron chi connectivity index (χ0n) is 14.8. The fraction of sp³-hybridized carbons (Fsp3) is 0.158. The zero-order chi connectivity index (χ0) is 20.1. The summed E-state index contributed by atoms with van der Waals surface area (Å²) in [5.41, 5.74) is 1.87. The van der Waals surface area contributed by atoms with Crippen LogP contribution in [0.1, 0.15) is 27.2 Å². The summed E-state index contributed by atoms with van der Waals surface area (Å²) in [6.07, 6.45) is 0. The lowest BCUT2D eigenvalue weighted by molar-refractivity contribution is -0.119. The lowest BCUT2D eigenvalue weighted by Gasteiger charge is -2.06. The second-order valence-electron chi connectivity index (χ2n) is 5.79. The molecule has 0 atom stereocenters. The number of hydrogen-bond donors (Lipinski definition) is 1. The van der Waals surface area contributed by atoms with Gasteiger partial charge in [0.2, 0.25) is 0 Å². The largest absolute Gasteiger partial charge is 0.452 e. The number of benzene rings is 1. The number of anilines is 1. The van der Waals surface area contributed by atoms with Gasteiger partial charge in [-0.05, 0) is 23.9 Å². The Labute approximate surface area is 170 Å². The van der Waals surface area contributed by atoms with Crippen LogP contribution in [0, 0.1) is 18.3 Å². The van der Waals surface area contributed by atoms with E-state index in [1.807, 2.05) is 36.4 Å². The third-order valence-corrected chi connectivity index (χ3v) is 5.03. The summed E-state index contributed by atoms with van der Waals surface area (Å²) in [6.45, 7) is 1.56. The maximum Gasteiger partial charge on any atom is 0.343 e. The number of nitriles is 1. The van der Waals surface area contributed by atoms with E-state index in [0.717, 1.165) is 5.56 Å². The molecule has 2 aromatic heterocycles. The van der Waals surface area contributed by atoms with Crippen LogP contribution in [0.5, 0.6) is 0 Å². The third kappa shape index (κ3) is 4.39. The van der Waals surface area contributed by atoms with Crippen LogP contribution in [-0.4, -0.2) is 28.3 Å². The molecule has 1 N–H and O–H groups in total. The first-order valence-corrected chi connectivity index (χ1v) is 9.46. The van der Waals surface area contributed by atoms with Crippen LogP contribution < -0.4 is 5.32 Å². The number of nitrogens with zero attached hydrogens (tertiary/aromatic N) is 3. The Morgan fingerprint density at radius 2 is 2.07 bits per heavy atom. The van der Waals surface area contributed by atoms with Gasteiger partial charge < -0.3 is 10.1 Å². The molecule has 0 bridgehead atoms. The number of amides is 1. The second kappa shape index (κ2) is 8.69. The molecule has 0 aliphatic rings. The number of esters is 1. The van der Waals surface area contributed by atoms with Gasteiger partial charge in [0.25, 0.3) is 5.91 Å². The van der Waals surface area contributed by atoms with Crippen LogP contribution in [0.25, 0.3) is 0 Å². The first-order valence-electron chi connectivity index (χ1n) is 8.21. The number of ether oxygens (including phenoxy) is 1. The Bertz CT molecular complexity index is 1050. The molecule has 142 valence electrons. The van der Waals surface area contributed by atoms with Crippen LogP contribution >= 0.6 is 22.9 Å². The summed E-state index contributed by atoms with van der Waals surface area (Å²) in [6, 6.07) is 13.1. The summed E-state index contributed by atoms with van der Waals surface area (Å²) in [5, 5.41) is 18.0. The Hall–Kier alpha value is -3.15. The van der Waals surface area contributed by atoms with Gasteiger partial charge in [-0.15, -0.1) is 11.3 Å². The molecule has 9 heteroatoms. The standard InChI is InChI=1S/C19H15ClN4O3S/c1-12-16(17(20)24(23-12)10-13-5-3-2-4-6-13)19(26)27-11-15(25)22-18-14(9-21)7-8-28-18/h2-8H,10-11H2,1H3,(H,22,25). The first-order chi connectivity index (χ1) is 13.5. The van der Waals surface area contributed by atoms with E-state index in [0.29, 0.717) is 22.8 Å². The zero-order valence-corrected chi connectivity index (χ0v) is 16.4. The number of aromatic nitrogens is 2. The molecular formula is C19H15ClN4O3S. The van der Waals surface area contributed by atoms with Gasteiger partial charge in [0.15, 0.2) is 6.61 Å². The van der Waals surface area contributed by atoms with E-state index in [-0.39, 0.29) is 10.7 Å². The normalized spacial score (nSPS) is 10.3. The van der Waals surface area contributed by atoms with Gasteiger partial charge in [-0.2, -0.15) is 10.4 Å². The van der Waals surface area contributed by atoms with Crippen molar-refractivity contribution in [1.29, 1.82) is 5.26 Å². The SMILES string of the molecule is Cc1nn(Cc2ccccc2)c(Cl)c1C(=O)OCC(=O)Nc1sccc1C#N. The van der Waals surface area contributed by atoms with E-state index in [1.54, 1.807) is 18.4 Å². The first kappa shape index (κ1) is 19.6. The predicted octanol–water partition coefficient (Wildman–Crippen LogP) is 3.62. The van der Waals surface area contributed by atoms with Crippen LogP contribution in [-0.2, 0) is 16.1 Å². The summed E-state index contributed by atoms with van der Waals surface area (Å²) < 4.78 is 6.58. The number of carbonyl (C=O) groups excluding carboxylic acids is 2. The van der Waals surface area contributed by atoms with Crippen molar-refractivity contribution < 1.29 is 14.3 Å². The fourth-order valence-corrected chi connectivity index (χ4v) is 3.57. The van der Waals surface area contributed by atoms with Gasteiger partial charge in [-0.25, -0.2) is 9.48 Å². The molecule has 0 aliphatic carbocycles. The molecule has 3 rings (SSSR count). The lowest BCUT2D eigenvalue weighted by Crippen LogP contribution is -2.21. The Morgan fingerprint density at radius 3 is 2.79 bits per heavy atom. The van der Waals surface area contributed by atoms with Crippen molar-refractivity contribution in [2.75, 3.05) is 11.9 Å². The van der Waals surface area contributed by atoms with Crippen molar-refractivity contribution in [1.82, 2.24) is 9.78 Å². The van der Waals surface area contributed by atoms with Crippen molar-refractivity contribution in [2.45, 2.75) is 13.5 Å². The van der Waals surface area contributed by atoms with Gasteiger partial charge in [-0.3, -0.25) is 4.79 Å². The summed E-state index contributed by atoms with van der Waals surface area (Å²) in [5.74, 6) is -1.28. The highest BCUT2D eigenvalue weighted by Gasteiger charge is 2.22. The average molecular weight is 415 g/mol. The van der Waals surface area contributed by atoms with E-state index in [1.165, 1.54) is 16.0 Å².